The molecule has 6 N–H and O–H groups in total. The average Bonchev–Trinajstić information content (AvgIpc) is 2.78. The second-order valence-corrected chi connectivity index (χ2v) is 8.70. The van der Waals surface area contributed by atoms with E-state index < -0.39 is 28.2 Å². The third kappa shape index (κ3) is 7.83. The lowest BCUT2D eigenvalue weighted by atomic mass is 10.1. The van der Waals surface area contributed by atoms with E-state index in [2.05, 4.69) is 25.7 Å². The number of aromatic nitrogens is 1. The van der Waals surface area contributed by atoms with Crippen LogP contribution in [-0.4, -0.2) is 37.9 Å². The van der Waals surface area contributed by atoms with Crippen molar-refractivity contribution in [2.45, 2.75) is 25.3 Å². The van der Waals surface area contributed by atoms with Crippen LogP contribution in [-0.2, 0) is 15.0 Å². The normalized spacial score (nSPS) is 12.2. The summed E-state index contributed by atoms with van der Waals surface area (Å²) in [5.74, 6) is -0.407. The number of benzene rings is 2. The highest BCUT2D eigenvalue weighted by Crippen LogP contribution is 2.21. The minimum atomic E-state index is -3.77. The number of nitrogens with two attached hydrogens (primary N) is 1. The number of carbonyl (C=O) groups excluding carboxylic acids is 2. The summed E-state index contributed by atoms with van der Waals surface area (Å²) in [4.78, 5) is 29.9. The number of urea groups is 1. The predicted octanol–water partition coefficient (Wildman–Crippen LogP) is 2.33. The SMILES string of the molecule is NS(=O)(=O)NCCCCC(NC(=O)Nc1ccccc1)C(=O)Nc1cccc2cccnc12. The van der Waals surface area contributed by atoms with Crippen LogP contribution >= 0.6 is 0 Å². The number of hydrogen-bond acceptors (Lipinski definition) is 5. The molecule has 1 aromatic heterocycles. The molecule has 0 fully saturated rings. The van der Waals surface area contributed by atoms with E-state index in [0.29, 0.717) is 36.2 Å². The van der Waals surface area contributed by atoms with Gasteiger partial charge >= 0.3 is 6.03 Å². The summed E-state index contributed by atoms with van der Waals surface area (Å²) in [6, 6.07) is 16.6. The molecule has 174 valence electrons. The number of pyridine rings is 1. The average molecular weight is 471 g/mol. The van der Waals surface area contributed by atoms with E-state index in [0.717, 1.165) is 5.39 Å². The number of para-hydroxylation sites is 2. The summed E-state index contributed by atoms with van der Waals surface area (Å²) >= 11 is 0. The second-order valence-electron chi connectivity index (χ2n) is 7.32. The Morgan fingerprint density at radius 1 is 0.939 bits per heavy atom. The molecule has 0 radical (unpaired) electrons. The molecule has 3 rings (SSSR count). The smallest absolute Gasteiger partial charge is 0.319 e. The lowest BCUT2D eigenvalue weighted by Gasteiger charge is -2.19. The van der Waals surface area contributed by atoms with E-state index in [1.165, 1.54) is 0 Å². The largest absolute Gasteiger partial charge is 0.326 e. The van der Waals surface area contributed by atoms with Crippen LogP contribution in [0.1, 0.15) is 19.3 Å². The molecule has 0 spiro atoms. The Balaban J connectivity index is 1.67. The summed E-state index contributed by atoms with van der Waals surface area (Å²) in [7, 11) is -3.77. The zero-order valence-electron chi connectivity index (χ0n) is 17.8. The van der Waals surface area contributed by atoms with Crippen LogP contribution in [0.5, 0.6) is 0 Å². The number of unbranched alkanes of at least 4 members (excludes halogenated alkanes) is 1. The molecule has 1 heterocycles. The fourth-order valence-electron chi connectivity index (χ4n) is 3.23. The first-order valence-corrected chi connectivity index (χ1v) is 11.9. The molecule has 3 amide bonds. The highest BCUT2D eigenvalue weighted by molar-refractivity contribution is 7.87. The lowest BCUT2D eigenvalue weighted by Crippen LogP contribution is -2.45. The second kappa shape index (κ2) is 11.4. The lowest BCUT2D eigenvalue weighted by molar-refractivity contribution is -0.118. The van der Waals surface area contributed by atoms with Crippen molar-refractivity contribution in [1.82, 2.24) is 15.0 Å². The summed E-state index contributed by atoms with van der Waals surface area (Å²) in [6.45, 7) is 0.136. The van der Waals surface area contributed by atoms with Crippen molar-refractivity contribution in [3.63, 3.8) is 0 Å². The molecule has 3 aromatic rings. The summed E-state index contributed by atoms with van der Waals surface area (Å²) in [6.07, 6.45) is 2.84. The Hall–Kier alpha value is -3.54. The number of carbonyl (C=O) groups is 2. The molecule has 0 saturated heterocycles. The first kappa shape index (κ1) is 24.1. The summed E-state index contributed by atoms with van der Waals surface area (Å²) < 4.78 is 24.2. The van der Waals surface area contributed by atoms with Gasteiger partial charge in [0, 0.05) is 23.8 Å². The van der Waals surface area contributed by atoms with Crippen molar-refractivity contribution < 1.29 is 18.0 Å². The fraction of sp³-hybridized carbons (Fsp3) is 0.227. The van der Waals surface area contributed by atoms with Gasteiger partial charge in [0.25, 0.3) is 10.2 Å². The Bertz CT molecular complexity index is 1200. The van der Waals surface area contributed by atoms with Crippen LogP contribution in [0.25, 0.3) is 10.9 Å². The number of hydrogen-bond donors (Lipinski definition) is 5. The third-order valence-electron chi connectivity index (χ3n) is 4.77. The maximum atomic E-state index is 13.1. The molecule has 0 aliphatic heterocycles. The molecule has 1 atom stereocenters. The van der Waals surface area contributed by atoms with Crippen LogP contribution in [0.2, 0.25) is 0 Å². The Morgan fingerprint density at radius 2 is 1.70 bits per heavy atom. The highest BCUT2D eigenvalue weighted by atomic mass is 32.2. The van der Waals surface area contributed by atoms with Gasteiger partial charge in [-0.2, -0.15) is 8.42 Å². The first-order valence-electron chi connectivity index (χ1n) is 10.4. The third-order valence-corrected chi connectivity index (χ3v) is 5.37. The van der Waals surface area contributed by atoms with Crippen LogP contribution in [0, 0.1) is 0 Å². The van der Waals surface area contributed by atoms with Crippen molar-refractivity contribution in [1.29, 1.82) is 0 Å². The summed E-state index contributed by atoms with van der Waals surface area (Å²) in [5.41, 5.74) is 1.76. The van der Waals surface area contributed by atoms with E-state index in [1.807, 2.05) is 30.3 Å². The van der Waals surface area contributed by atoms with Crippen molar-refractivity contribution >= 4 is 44.4 Å². The number of rotatable bonds is 10. The standard InChI is InChI=1S/C22H26N6O4S/c23-33(31,32)25-15-5-4-12-19(28-22(30)26-17-10-2-1-3-11-17)21(29)27-18-13-6-8-16-9-7-14-24-20(16)18/h1-3,6-11,13-14,19,25H,4-5,12,15H2,(H,27,29)(H2,23,31,32)(H2,26,28,30). The zero-order valence-corrected chi connectivity index (χ0v) is 18.6. The van der Waals surface area contributed by atoms with Crippen molar-refractivity contribution in [3.05, 3.63) is 66.9 Å². The van der Waals surface area contributed by atoms with E-state index >= 15 is 0 Å². The van der Waals surface area contributed by atoms with E-state index in [9.17, 15) is 18.0 Å². The van der Waals surface area contributed by atoms with Gasteiger partial charge in [-0.15, -0.1) is 0 Å². The number of anilines is 2. The van der Waals surface area contributed by atoms with Gasteiger partial charge in [0.05, 0.1) is 11.2 Å². The van der Waals surface area contributed by atoms with Crippen molar-refractivity contribution in [2.75, 3.05) is 17.2 Å². The molecule has 0 saturated carbocycles. The Morgan fingerprint density at radius 3 is 2.45 bits per heavy atom. The minimum Gasteiger partial charge on any atom is -0.326 e. The van der Waals surface area contributed by atoms with Gasteiger partial charge in [0.2, 0.25) is 5.91 Å². The maximum Gasteiger partial charge on any atom is 0.319 e. The molecule has 11 heteroatoms. The molecule has 0 aliphatic rings. The van der Waals surface area contributed by atoms with Crippen LogP contribution in [0.4, 0.5) is 16.2 Å². The van der Waals surface area contributed by atoms with Gasteiger partial charge in [-0.3, -0.25) is 9.78 Å². The number of nitrogens with zero attached hydrogens (tertiary/aromatic N) is 1. The summed E-state index contributed by atoms with van der Waals surface area (Å²) in [5, 5.41) is 14.0. The Kier molecular flexibility index (Phi) is 8.30. The molecule has 10 nitrogen and oxygen atoms in total. The van der Waals surface area contributed by atoms with Crippen LogP contribution in [0.15, 0.2) is 66.9 Å². The Labute approximate surface area is 192 Å². The minimum absolute atomic E-state index is 0.136. The predicted molar refractivity (Wildman–Crippen MR) is 128 cm³/mol. The quantitative estimate of drug-likeness (QED) is 0.288. The number of fused-ring (bicyclic) bond motifs is 1. The number of amides is 3. The molecular weight excluding hydrogens is 444 g/mol. The molecule has 0 aliphatic carbocycles. The molecule has 2 aromatic carbocycles. The van der Waals surface area contributed by atoms with E-state index in [1.54, 1.807) is 36.5 Å². The first-order chi connectivity index (χ1) is 15.8. The molecular formula is C22H26N6O4S. The van der Waals surface area contributed by atoms with E-state index in [4.69, 9.17) is 5.14 Å². The molecule has 0 bridgehead atoms. The topological polar surface area (TPSA) is 155 Å². The van der Waals surface area contributed by atoms with Gasteiger partial charge in [-0.25, -0.2) is 14.7 Å². The molecule has 33 heavy (non-hydrogen) atoms. The number of nitrogens with one attached hydrogen (secondary N) is 4. The molecule has 1 unspecified atom stereocenters. The van der Waals surface area contributed by atoms with Gasteiger partial charge in [0.15, 0.2) is 0 Å². The van der Waals surface area contributed by atoms with E-state index in [-0.39, 0.29) is 6.54 Å². The van der Waals surface area contributed by atoms with Gasteiger partial charge < -0.3 is 16.0 Å². The highest BCUT2D eigenvalue weighted by Gasteiger charge is 2.21. The van der Waals surface area contributed by atoms with Crippen LogP contribution in [0.3, 0.4) is 0 Å². The van der Waals surface area contributed by atoms with Gasteiger partial charge in [-0.1, -0.05) is 36.4 Å². The van der Waals surface area contributed by atoms with Crippen molar-refractivity contribution in [2.24, 2.45) is 5.14 Å². The monoisotopic (exact) mass is 470 g/mol. The van der Waals surface area contributed by atoms with Gasteiger partial charge in [0.1, 0.15) is 6.04 Å². The van der Waals surface area contributed by atoms with Crippen molar-refractivity contribution in [3.8, 4) is 0 Å². The maximum absolute atomic E-state index is 13.1. The fourth-order valence-corrected chi connectivity index (χ4v) is 3.66. The van der Waals surface area contributed by atoms with Gasteiger partial charge in [-0.05, 0) is 43.5 Å². The van der Waals surface area contributed by atoms with Crippen LogP contribution < -0.4 is 25.8 Å². The zero-order chi connectivity index (χ0) is 23.7.